The largest absolute Gasteiger partial charge is 0.469 e. The number of thiophene rings is 1. The standard InChI is InChI=1S/C13H21N3O3S/c1-16(2)13(18)15-7-6-14-9-11-5-4-10(20-11)8-12(17)19-3/h4-5,14H,6-9H2,1-3H3,(H,15,18). The SMILES string of the molecule is COC(=O)Cc1ccc(CNCCNC(=O)N(C)C)s1. The van der Waals surface area contributed by atoms with Gasteiger partial charge >= 0.3 is 12.0 Å². The molecule has 0 fully saturated rings. The van der Waals surface area contributed by atoms with Crippen molar-refractivity contribution in [2.45, 2.75) is 13.0 Å². The molecule has 2 amide bonds. The Bertz CT molecular complexity index is 446. The van der Waals surface area contributed by atoms with E-state index in [1.54, 1.807) is 25.4 Å². The van der Waals surface area contributed by atoms with Crippen LogP contribution in [0.25, 0.3) is 0 Å². The van der Waals surface area contributed by atoms with E-state index in [0.717, 1.165) is 16.3 Å². The van der Waals surface area contributed by atoms with Crippen molar-refractivity contribution in [3.63, 3.8) is 0 Å². The van der Waals surface area contributed by atoms with Gasteiger partial charge in [-0.05, 0) is 12.1 Å². The van der Waals surface area contributed by atoms with E-state index in [-0.39, 0.29) is 12.0 Å². The minimum atomic E-state index is -0.224. The average molecular weight is 299 g/mol. The van der Waals surface area contributed by atoms with Crippen LogP contribution in [0.5, 0.6) is 0 Å². The van der Waals surface area contributed by atoms with Gasteiger partial charge in [0.2, 0.25) is 0 Å². The Kier molecular flexibility index (Phi) is 7.03. The highest BCUT2D eigenvalue weighted by Gasteiger charge is 2.06. The van der Waals surface area contributed by atoms with Gasteiger partial charge < -0.3 is 20.3 Å². The predicted molar refractivity (Wildman–Crippen MR) is 78.8 cm³/mol. The molecule has 0 atom stereocenters. The third kappa shape index (κ3) is 6.03. The van der Waals surface area contributed by atoms with Gasteiger partial charge in [0.1, 0.15) is 0 Å². The first kappa shape index (κ1) is 16.5. The highest BCUT2D eigenvalue weighted by atomic mass is 32.1. The third-order valence-electron chi connectivity index (χ3n) is 2.55. The Morgan fingerprint density at radius 1 is 1.25 bits per heavy atom. The summed E-state index contributed by atoms with van der Waals surface area (Å²) in [7, 11) is 4.80. The van der Waals surface area contributed by atoms with E-state index in [1.165, 1.54) is 12.0 Å². The zero-order valence-corrected chi connectivity index (χ0v) is 12.9. The molecule has 0 unspecified atom stereocenters. The summed E-state index contributed by atoms with van der Waals surface area (Å²) in [5.41, 5.74) is 0. The van der Waals surface area contributed by atoms with Crippen LogP contribution < -0.4 is 10.6 Å². The number of rotatable bonds is 7. The summed E-state index contributed by atoms with van der Waals surface area (Å²) in [6, 6.07) is 3.84. The van der Waals surface area contributed by atoms with E-state index >= 15 is 0 Å². The quantitative estimate of drug-likeness (QED) is 0.578. The van der Waals surface area contributed by atoms with Gasteiger partial charge in [-0.3, -0.25) is 4.79 Å². The monoisotopic (exact) mass is 299 g/mol. The van der Waals surface area contributed by atoms with Crippen LogP contribution in [0, 0.1) is 0 Å². The second kappa shape index (κ2) is 8.55. The summed E-state index contributed by atoms with van der Waals surface area (Å²) in [6.45, 7) is 2.00. The van der Waals surface area contributed by atoms with E-state index < -0.39 is 0 Å². The van der Waals surface area contributed by atoms with Crippen LogP contribution in [0.15, 0.2) is 12.1 Å². The van der Waals surface area contributed by atoms with Crippen molar-refractivity contribution in [3.8, 4) is 0 Å². The van der Waals surface area contributed by atoms with E-state index in [4.69, 9.17) is 0 Å². The Labute approximate surface area is 123 Å². The molecule has 0 radical (unpaired) electrons. The fraction of sp³-hybridized carbons (Fsp3) is 0.538. The molecule has 20 heavy (non-hydrogen) atoms. The lowest BCUT2D eigenvalue weighted by molar-refractivity contribution is -0.139. The van der Waals surface area contributed by atoms with Crippen molar-refractivity contribution in [1.82, 2.24) is 15.5 Å². The maximum absolute atomic E-state index is 11.3. The second-order valence-corrected chi connectivity index (χ2v) is 5.68. The molecule has 0 saturated heterocycles. The van der Waals surface area contributed by atoms with Crippen molar-refractivity contribution >= 4 is 23.3 Å². The summed E-state index contributed by atoms with van der Waals surface area (Å²) < 4.78 is 4.63. The molecule has 0 saturated carbocycles. The van der Waals surface area contributed by atoms with Crippen molar-refractivity contribution in [2.24, 2.45) is 0 Å². The van der Waals surface area contributed by atoms with Crippen LogP contribution in [-0.4, -0.2) is 51.2 Å². The number of nitrogens with one attached hydrogen (secondary N) is 2. The fourth-order valence-electron chi connectivity index (χ4n) is 1.45. The van der Waals surface area contributed by atoms with Crippen molar-refractivity contribution in [3.05, 3.63) is 21.9 Å². The second-order valence-electron chi connectivity index (χ2n) is 4.42. The Balaban J connectivity index is 2.19. The van der Waals surface area contributed by atoms with E-state index in [1.807, 2.05) is 12.1 Å². The minimum absolute atomic E-state index is 0.0942. The lowest BCUT2D eigenvalue weighted by atomic mass is 10.3. The molecule has 1 heterocycles. The summed E-state index contributed by atoms with van der Waals surface area (Å²) in [4.78, 5) is 26.0. The number of amides is 2. The maximum Gasteiger partial charge on any atom is 0.316 e. The van der Waals surface area contributed by atoms with Gasteiger partial charge in [0, 0.05) is 43.5 Å². The molecule has 1 aromatic rings. The first-order valence-electron chi connectivity index (χ1n) is 6.33. The number of carbonyl (C=O) groups excluding carboxylic acids is 2. The topological polar surface area (TPSA) is 70.7 Å². The van der Waals surface area contributed by atoms with Crippen LogP contribution in [0.1, 0.15) is 9.75 Å². The molecular formula is C13H21N3O3S. The average Bonchev–Trinajstić information content (AvgIpc) is 2.85. The van der Waals surface area contributed by atoms with Crippen molar-refractivity contribution in [2.75, 3.05) is 34.3 Å². The highest BCUT2D eigenvalue weighted by molar-refractivity contribution is 7.12. The molecule has 112 valence electrons. The fourth-order valence-corrected chi connectivity index (χ4v) is 2.43. The van der Waals surface area contributed by atoms with Gasteiger partial charge in [-0.15, -0.1) is 11.3 Å². The van der Waals surface area contributed by atoms with Crippen LogP contribution in [0.4, 0.5) is 4.79 Å². The summed E-state index contributed by atoms with van der Waals surface area (Å²) in [5.74, 6) is -0.224. The number of hydrogen-bond acceptors (Lipinski definition) is 5. The van der Waals surface area contributed by atoms with Gasteiger partial charge in [-0.2, -0.15) is 0 Å². The maximum atomic E-state index is 11.3. The van der Waals surface area contributed by atoms with Crippen LogP contribution in [0.3, 0.4) is 0 Å². The van der Waals surface area contributed by atoms with Gasteiger partial charge in [0.25, 0.3) is 0 Å². The summed E-state index contributed by atoms with van der Waals surface area (Å²) >= 11 is 1.59. The molecule has 0 spiro atoms. The van der Waals surface area contributed by atoms with Crippen molar-refractivity contribution in [1.29, 1.82) is 0 Å². The smallest absolute Gasteiger partial charge is 0.316 e. The molecule has 0 bridgehead atoms. The number of esters is 1. The number of methoxy groups -OCH3 is 1. The number of hydrogen-bond donors (Lipinski definition) is 2. The van der Waals surface area contributed by atoms with E-state index in [9.17, 15) is 9.59 Å². The van der Waals surface area contributed by atoms with Crippen LogP contribution in [-0.2, 0) is 22.5 Å². The molecular weight excluding hydrogens is 278 g/mol. The molecule has 2 N–H and O–H groups in total. The highest BCUT2D eigenvalue weighted by Crippen LogP contribution is 2.17. The summed E-state index contributed by atoms with van der Waals surface area (Å²) in [5, 5.41) is 6.01. The molecule has 6 nitrogen and oxygen atoms in total. The Morgan fingerprint density at radius 3 is 2.60 bits per heavy atom. The number of urea groups is 1. The molecule has 7 heteroatoms. The third-order valence-corrected chi connectivity index (χ3v) is 3.63. The van der Waals surface area contributed by atoms with Gasteiger partial charge in [0.15, 0.2) is 0 Å². The first-order chi connectivity index (χ1) is 9.52. The zero-order chi connectivity index (χ0) is 15.0. The van der Waals surface area contributed by atoms with Gasteiger partial charge in [-0.1, -0.05) is 0 Å². The normalized spacial score (nSPS) is 10.2. The molecule has 0 aromatic carbocycles. The summed E-state index contributed by atoms with van der Waals surface area (Å²) in [6.07, 6.45) is 0.320. The van der Waals surface area contributed by atoms with Crippen LogP contribution >= 0.6 is 11.3 Å². The predicted octanol–water partition coefficient (Wildman–Crippen LogP) is 0.824. The lowest BCUT2D eigenvalue weighted by Gasteiger charge is -2.11. The Hall–Kier alpha value is -1.60. The van der Waals surface area contributed by atoms with Gasteiger partial charge in [0.05, 0.1) is 13.5 Å². The first-order valence-corrected chi connectivity index (χ1v) is 7.15. The number of nitrogens with zero attached hydrogens (tertiary/aromatic N) is 1. The molecule has 1 aromatic heterocycles. The number of carbonyl (C=O) groups is 2. The molecule has 0 aliphatic carbocycles. The molecule has 0 aliphatic rings. The van der Waals surface area contributed by atoms with Crippen LogP contribution in [0.2, 0.25) is 0 Å². The zero-order valence-electron chi connectivity index (χ0n) is 12.1. The molecule has 1 rings (SSSR count). The molecule has 0 aliphatic heterocycles. The van der Waals surface area contributed by atoms with Crippen molar-refractivity contribution < 1.29 is 14.3 Å². The Morgan fingerprint density at radius 2 is 1.95 bits per heavy atom. The van der Waals surface area contributed by atoms with E-state index in [2.05, 4.69) is 15.4 Å². The van der Waals surface area contributed by atoms with E-state index in [0.29, 0.717) is 19.5 Å². The lowest BCUT2D eigenvalue weighted by Crippen LogP contribution is -2.38. The number of ether oxygens (including phenoxy) is 1. The minimum Gasteiger partial charge on any atom is -0.469 e. The van der Waals surface area contributed by atoms with Gasteiger partial charge in [-0.25, -0.2) is 4.79 Å².